The number of methoxy groups -OCH3 is 1. The van der Waals surface area contributed by atoms with Crippen molar-refractivity contribution in [2.45, 2.75) is 25.1 Å². The Balaban J connectivity index is 1.69. The number of halogens is 2. The van der Waals surface area contributed by atoms with Crippen molar-refractivity contribution in [1.29, 1.82) is 0 Å². The Labute approximate surface area is 200 Å². The summed E-state index contributed by atoms with van der Waals surface area (Å²) in [4.78, 5) is 29.5. The SMILES string of the molecule is COC(=O)[C@@H](OC(=O)[C@H](c1ccccc1Cl)N1CCc2sccc2C1)c1ccccc1Cl. The fourth-order valence-electron chi connectivity index (χ4n) is 3.87. The van der Waals surface area contributed by atoms with Gasteiger partial charge in [0, 0.05) is 33.6 Å². The first-order valence-electron chi connectivity index (χ1n) is 10.1. The summed E-state index contributed by atoms with van der Waals surface area (Å²) in [6.45, 7) is 1.24. The second kappa shape index (κ2) is 10.0. The molecular formula is C24H21Cl2NO4S. The molecule has 0 bridgehead atoms. The molecule has 0 aliphatic carbocycles. The fourth-order valence-corrected chi connectivity index (χ4v) is 5.24. The molecule has 0 unspecified atom stereocenters. The molecule has 2 aromatic carbocycles. The molecule has 1 aliphatic rings. The predicted molar refractivity (Wildman–Crippen MR) is 125 cm³/mol. The first-order valence-corrected chi connectivity index (χ1v) is 11.7. The molecule has 32 heavy (non-hydrogen) atoms. The van der Waals surface area contributed by atoms with Gasteiger partial charge in [-0.1, -0.05) is 59.6 Å². The van der Waals surface area contributed by atoms with Gasteiger partial charge in [0.1, 0.15) is 6.04 Å². The van der Waals surface area contributed by atoms with Crippen LogP contribution in [-0.4, -0.2) is 30.5 Å². The molecule has 0 spiro atoms. The highest BCUT2D eigenvalue weighted by molar-refractivity contribution is 7.10. The molecule has 0 fully saturated rings. The Bertz CT molecular complexity index is 1130. The molecule has 4 rings (SSSR count). The zero-order valence-corrected chi connectivity index (χ0v) is 19.6. The minimum absolute atomic E-state index is 0.311. The van der Waals surface area contributed by atoms with E-state index in [1.54, 1.807) is 47.7 Å². The lowest BCUT2D eigenvalue weighted by molar-refractivity contribution is -0.170. The van der Waals surface area contributed by atoms with Gasteiger partial charge in [-0.25, -0.2) is 9.59 Å². The first-order chi connectivity index (χ1) is 15.5. The van der Waals surface area contributed by atoms with E-state index in [0.717, 1.165) is 6.42 Å². The third kappa shape index (κ3) is 4.69. The van der Waals surface area contributed by atoms with Crippen LogP contribution in [0.3, 0.4) is 0 Å². The summed E-state index contributed by atoms with van der Waals surface area (Å²) in [6, 6.07) is 15.2. The van der Waals surface area contributed by atoms with Gasteiger partial charge in [-0.3, -0.25) is 4.90 Å². The van der Waals surface area contributed by atoms with Crippen molar-refractivity contribution in [2.75, 3.05) is 13.7 Å². The van der Waals surface area contributed by atoms with E-state index in [4.69, 9.17) is 32.7 Å². The summed E-state index contributed by atoms with van der Waals surface area (Å²) >= 11 is 14.5. The highest BCUT2D eigenvalue weighted by atomic mass is 35.5. The molecule has 0 radical (unpaired) electrons. The second-order valence-electron chi connectivity index (χ2n) is 7.38. The van der Waals surface area contributed by atoms with Crippen LogP contribution in [0.5, 0.6) is 0 Å². The number of fused-ring (bicyclic) bond motifs is 1. The molecule has 2 atom stereocenters. The van der Waals surface area contributed by atoms with E-state index in [2.05, 4.69) is 11.4 Å². The van der Waals surface area contributed by atoms with Crippen molar-refractivity contribution in [1.82, 2.24) is 4.90 Å². The van der Waals surface area contributed by atoms with Crippen molar-refractivity contribution in [3.8, 4) is 0 Å². The zero-order chi connectivity index (χ0) is 22.7. The minimum atomic E-state index is -1.28. The predicted octanol–water partition coefficient (Wildman–Crippen LogP) is 5.61. The molecular weight excluding hydrogens is 469 g/mol. The van der Waals surface area contributed by atoms with E-state index in [0.29, 0.717) is 34.3 Å². The van der Waals surface area contributed by atoms with E-state index < -0.39 is 24.1 Å². The number of carbonyl (C=O) groups excluding carboxylic acids is 2. The standard InChI is InChI=1S/C24H21Cl2NO4S/c1-30-24(29)22(17-7-3-5-9-19(17)26)31-23(28)21(16-6-2-4-8-18(16)25)27-12-10-20-15(14-27)11-13-32-20/h2-9,11,13,21-22H,10,12,14H2,1H3/t21-,22-/m0/s1. The van der Waals surface area contributed by atoms with Crippen molar-refractivity contribution < 1.29 is 19.1 Å². The summed E-state index contributed by atoms with van der Waals surface area (Å²) < 4.78 is 10.7. The molecule has 166 valence electrons. The number of esters is 2. The van der Waals surface area contributed by atoms with E-state index in [1.165, 1.54) is 17.6 Å². The van der Waals surface area contributed by atoms with Crippen LogP contribution in [-0.2, 0) is 32.0 Å². The van der Waals surface area contributed by atoms with Crippen molar-refractivity contribution in [3.05, 3.63) is 91.6 Å². The van der Waals surface area contributed by atoms with Gasteiger partial charge in [0.25, 0.3) is 0 Å². The minimum Gasteiger partial charge on any atom is -0.466 e. The first kappa shape index (κ1) is 22.8. The molecule has 0 amide bonds. The maximum absolute atomic E-state index is 13.6. The van der Waals surface area contributed by atoms with E-state index >= 15 is 0 Å². The molecule has 3 aromatic rings. The number of nitrogens with zero attached hydrogens (tertiary/aromatic N) is 1. The third-order valence-corrected chi connectivity index (χ3v) is 7.17. The van der Waals surface area contributed by atoms with E-state index in [1.807, 2.05) is 17.0 Å². The number of ether oxygens (including phenoxy) is 2. The fraction of sp³-hybridized carbons (Fsp3) is 0.250. The van der Waals surface area contributed by atoms with Gasteiger partial charge in [-0.05, 0) is 41.1 Å². The van der Waals surface area contributed by atoms with Crippen LogP contribution in [0, 0.1) is 0 Å². The lowest BCUT2D eigenvalue weighted by Gasteiger charge is -2.34. The smallest absolute Gasteiger partial charge is 0.352 e. The lowest BCUT2D eigenvalue weighted by atomic mass is 10.0. The molecule has 5 nitrogen and oxygen atoms in total. The lowest BCUT2D eigenvalue weighted by Crippen LogP contribution is -2.39. The Morgan fingerprint density at radius 2 is 1.62 bits per heavy atom. The third-order valence-electron chi connectivity index (χ3n) is 5.46. The normalized spacial score (nSPS) is 15.5. The highest BCUT2D eigenvalue weighted by Crippen LogP contribution is 2.36. The average Bonchev–Trinajstić information content (AvgIpc) is 3.27. The van der Waals surface area contributed by atoms with Crippen LogP contribution in [0.1, 0.15) is 33.7 Å². The summed E-state index contributed by atoms with van der Waals surface area (Å²) in [5.74, 6) is -1.30. The summed E-state index contributed by atoms with van der Waals surface area (Å²) in [5.41, 5.74) is 2.17. The van der Waals surface area contributed by atoms with Gasteiger partial charge < -0.3 is 9.47 Å². The molecule has 1 aromatic heterocycles. The Kier molecular flexibility index (Phi) is 7.16. The average molecular weight is 490 g/mol. The Morgan fingerprint density at radius 1 is 0.969 bits per heavy atom. The molecule has 8 heteroatoms. The van der Waals surface area contributed by atoms with E-state index in [-0.39, 0.29) is 0 Å². The van der Waals surface area contributed by atoms with Crippen LogP contribution in [0.4, 0.5) is 0 Å². The van der Waals surface area contributed by atoms with Crippen LogP contribution in [0.25, 0.3) is 0 Å². The van der Waals surface area contributed by atoms with Crippen molar-refractivity contribution >= 4 is 46.5 Å². The van der Waals surface area contributed by atoms with Gasteiger partial charge in [0.05, 0.1) is 7.11 Å². The number of hydrogen-bond acceptors (Lipinski definition) is 6. The number of thiophene rings is 1. The molecule has 0 N–H and O–H groups in total. The highest BCUT2D eigenvalue weighted by Gasteiger charge is 2.37. The van der Waals surface area contributed by atoms with Gasteiger partial charge in [-0.2, -0.15) is 0 Å². The number of carbonyl (C=O) groups is 2. The van der Waals surface area contributed by atoms with Crippen molar-refractivity contribution in [2.24, 2.45) is 0 Å². The second-order valence-corrected chi connectivity index (χ2v) is 9.19. The van der Waals surface area contributed by atoms with Gasteiger partial charge in [0.15, 0.2) is 0 Å². The molecule has 0 saturated heterocycles. The largest absolute Gasteiger partial charge is 0.466 e. The number of rotatable bonds is 6. The number of benzene rings is 2. The summed E-state index contributed by atoms with van der Waals surface area (Å²) in [7, 11) is 1.24. The number of hydrogen-bond donors (Lipinski definition) is 0. The van der Waals surface area contributed by atoms with Crippen LogP contribution in [0.2, 0.25) is 10.0 Å². The van der Waals surface area contributed by atoms with Gasteiger partial charge in [0.2, 0.25) is 6.10 Å². The summed E-state index contributed by atoms with van der Waals surface area (Å²) in [6.07, 6.45) is -0.459. The van der Waals surface area contributed by atoms with E-state index in [9.17, 15) is 9.59 Å². The quantitative estimate of drug-likeness (QED) is 0.421. The molecule has 0 saturated carbocycles. The maximum atomic E-state index is 13.6. The van der Waals surface area contributed by atoms with Gasteiger partial charge >= 0.3 is 11.9 Å². The summed E-state index contributed by atoms with van der Waals surface area (Å²) in [5, 5.41) is 2.82. The van der Waals surface area contributed by atoms with Crippen LogP contribution < -0.4 is 0 Å². The van der Waals surface area contributed by atoms with Crippen molar-refractivity contribution in [3.63, 3.8) is 0 Å². The Morgan fingerprint density at radius 3 is 2.28 bits per heavy atom. The maximum Gasteiger partial charge on any atom is 0.352 e. The monoisotopic (exact) mass is 489 g/mol. The molecule has 1 aliphatic heterocycles. The van der Waals surface area contributed by atoms with Crippen LogP contribution >= 0.6 is 34.5 Å². The molecule has 2 heterocycles. The van der Waals surface area contributed by atoms with Gasteiger partial charge in [-0.15, -0.1) is 11.3 Å². The zero-order valence-electron chi connectivity index (χ0n) is 17.3. The Hall–Kier alpha value is -2.38. The van der Waals surface area contributed by atoms with Crippen LogP contribution in [0.15, 0.2) is 60.0 Å². The topological polar surface area (TPSA) is 55.8 Å².